The van der Waals surface area contributed by atoms with Gasteiger partial charge in [0, 0.05) is 10.0 Å². The van der Waals surface area contributed by atoms with Gasteiger partial charge in [0.05, 0.1) is 0 Å². The third kappa shape index (κ3) is 6.18. The highest BCUT2D eigenvalue weighted by Crippen LogP contribution is 2.32. The maximum absolute atomic E-state index is 6.69. The van der Waals surface area contributed by atoms with Crippen LogP contribution in [0.1, 0.15) is 62.3 Å². The minimum absolute atomic E-state index is 0.176. The summed E-state index contributed by atoms with van der Waals surface area (Å²) in [7, 11) is 0. The van der Waals surface area contributed by atoms with Crippen molar-refractivity contribution in [1.82, 2.24) is 0 Å². The van der Waals surface area contributed by atoms with Gasteiger partial charge in [0.2, 0.25) is 0 Å². The first-order chi connectivity index (χ1) is 16.6. The fraction of sp³-hybridized carbons (Fsp3) is 0.273. The smallest absolute Gasteiger partial charge is 0.0444 e. The predicted octanol–water partition coefficient (Wildman–Crippen LogP) is 10.7. The van der Waals surface area contributed by atoms with Crippen molar-refractivity contribution in [2.75, 3.05) is 0 Å². The maximum Gasteiger partial charge on any atom is 0.0444 e. The Hall–Kier alpha value is -2.54. The first kappa shape index (κ1) is 25.5. The summed E-state index contributed by atoms with van der Waals surface area (Å²) in [5.74, 6) is 0.460. The van der Waals surface area contributed by atoms with E-state index in [1.54, 1.807) is 0 Å². The Morgan fingerprint density at radius 2 is 1.31 bits per heavy atom. The van der Waals surface area contributed by atoms with Gasteiger partial charge in [-0.15, -0.1) is 0 Å². The molecule has 0 saturated heterocycles. The maximum atomic E-state index is 6.69. The van der Waals surface area contributed by atoms with Crippen LogP contribution in [0.3, 0.4) is 0 Å². The highest BCUT2D eigenvalue weighted by atomic mass is 35.5. The molecule has 4 aromatic carbocycles. The summed E-state index contributed by atoms with van der Waals surface area (Å²) >= 11 is 12.8. The molecule has 0 aliphatic heterocycles. The zero-order valence-electron chi connectivity index (χ0n) is 21.3. The van der Waals surface area contributed by atoms with E-state index in [0.717, 1.165) is 34.0 Å². The van der Waals surface area contributed by atoms with Crippen molar-refractivity contribution in [1.29, 1.82) is 0 Å². The molecule has 0 unspecified atom stereocenters. The number of halogens is 2. The number of benzene rings is 4. The highest BCUT2D eigenvalue weighted by molar-refractivity contribution is 6.31. The molecule has 35 heavy (non-hydrogen) atoms. The quantitative estimate of drug-likeness (QED) is 0.246. The van der Waals surface area contributed by atoms with Crippen LogP contribution < -0.4 is 0 Å². The van der Waals surface area contributed by atoms with Crippen LogP contribution in [0.2, 0.25) is 10.0 Å². The van der Waals surface area contributed by atoms with E-state index in [4.69, 9.17) is 23.2 Å². The van der Waals surface area contributed by atoms with Crippen molar-refractivity contribution in [3.05, 3.63) is 117 Å². The Balaban J connectivity index is 1.41. The third-order valence-corrected chi connectivity index (χ3v) is 7.55. The summed E-state index contributed by atoms with van der Waals surface area (Å²) in [6.07, 6.45) is 2.01. The van der Waals surface area contributed by atoms with Crippen LogP contribution in [0.15, 0.2) is 84.9 Å². The average molecular weight is 502 g/mol. The average Bonchev–Trinajstić information content (AvgIpc) is 2.83. The molecule has 0 saturated carbocycles. The first-order valence-corrected chi connectivity index (χ1v) is 13.1. The molecule has 0 spiro atoms. The SMILES string of the molecule is Cc1cc(Cl)ccc1-c1ccc(CC[C@H](C)c2ccc(-c3ccc(C(C)(C)C)cc3)cc2)c(Cl)c1. The van der Waals surface area contributed by atoms with Gasteiger partial charge in [-0.3, -0.25) is 0 Å². The zero-order chi connectivity index (χ0) is 25.2. The Bertz CT molecular complexity index is 1290. The van der Waals surface area contributed by atoms with Gasteiger partial charge < -0.3 is 0 Å². The van der Waals surface area contributed by atoms with Crippen molar-refractivity contribution < 1.29 is 0 Å². The molecular weight excluding hydrogens is 467 g/mol. The van der Waals surface area contributed by atoms with Crippen LogP contribution in [0, 0.1) is 6.92 Å². The van der Waals surface area contributed by atoms with Gasteiger partial charge in [0.15, 0.2) is 0 Å². The molecular formula is C33H34Cl2. The summed E-state index contributed by atoms with van der Waals surface area (Å²) in [4.78, 5) is 0. The molecule has 4 rings (SSSR count). The molecule has 0 aliphatic rings. The van der Waals surface area contributed by atoms with Gasteiger partial charge >= 0.3 is 0 Å². The van der Waals surface area contributed by atoms with E-state index in [1.807, 2.05) is 12.1 Å². The van der Waals surface area contributed by atoms with E-state index in [1.165, 1.54) is 33.4 Å². The molecule has 0 heterocycles. The molecule has 180 valence electrons. The Morgan fingerprint density at radius 3 is 1.89 bits per heavy atom. The van der Waals surface area contributed by atoms with Gasteiger partial charge in [-0.1, -0.05) is 118 Å². The lowest BCUT2D eigenvalue weighted by Gasteiger charge is -2.19. The molecule has 0 nitrogen and oxygen atoms in total. The Morgan fingerprint density at radius 1 is 0.714 bits per heavy atom. The minimum atomic E-state index is 0.176. The van der Waals surface area contributed by atoms with Crippen LogP contribution in [0.5, 0.6) is 0 Å². The van der Waals surface area contributed by atoms with Crippen LogP contribution in [0.25, 0.3) is 22.3 Å². The van der Waals surface area contributed by atoms with Crippen molar-refractivity contribution in [3.63, 3.8) is 0 Å². The first-order valence-electron chi connectivity index (χ1n) is 12.4. The van der Waals surface area contributed by atoms with Gasteiger partial charge in [-0.05, 0) is 93.8 Å². The molecule has 4 aromatic rings. The van der Waals surface area contributed by atoms with Crippen molar-refractivity contribution in [3.8, 4) is 22.3 Å². The van der Waals surface area contributed by atoms with E-state index < -0.39 is 0 Å². The molecule has 0 radical (unpaired) electrons. The van der Waals surface area contributed by atoms with E-state index in [0.29, 0.717) is 5.92 Å². The Kier molecular flexibility index (Phi) is 7.74. The lowest BCUT2D eigenvalue weighted by Crippen LogP contribution is -2.10. The van der Waals surface area contributed by atoms with Crippen LogP contribution in [0.4, 0.5) is 0 Å². The number of rotatable bonds is 6. The summed E-state index contributed by atoms with van der Waals surface area (Å²) in [5.41, 5.74) is 10.1. The van der Waals surface area contributed by atoms with Crippen molar-refractivity contribution in [2.24, 2.45) is 0 Å². The molecule has 0 aliphatic carbocycles. The molecule has 0 aromatic heterocycles. The summed E-state index contributed by atoms with van der Waals surface area (Å²) < 4.78 is 0. The Labute approximate surface area is 220 Å². The normalized spacial score (nSPS) is 12.5. The minimum Gasteiger partial charge on any atom is -0.0843 e. The molecule has 1 atom stereocenters. The summed E-state index contributed by atoms with van der Waals surface area (Å²) in [6.45, 7) is 11.1. The van der Waals surface area contributed by atoms with Crippen molar-refractivity contribution in [2.45, 2.75) is 58.8 Å². The summed E-state index contributed by atoms with van der Waals surface area (Å²) in [5, 5.41) is 1.59. The topological polar surface area (TPSA) is 0 Å². The van der Waals surface area contributed by atoms with Crippen LogP contribution >= 0.6 is 23.2 Å². The standard InChI is InChI=1S/C33H34Cl2/c1-22(24-8-10-25(11-9-24)26-14-16-29(17-15-26)33(3,4)5)6-7-27-12-13-28(21-32(27)35)31-19-18-30(34)20-23(31)2/h8-22H,6-7H2,1-5H3/t22-/m0/s1. The zero-order valence-corrected chi connectivity index (χ0v) is 22.8. The highest BCUT2D eigenvalue weighted by Gasteiger charge is 2.14. The lowest BCUT2D eigenvalue weighted by molar-refractivity contribution is 0.590. The second-order valence-electron chi connectivity index (χ2n) is 10.7. The molecule has 0 fully saturated rings. The molecule has 2 heteroatoms. The lowest BCUT2D eigenvalue weighted by atomic mass is 9.86. The van der Waals surface area contributed by atoms with Gasteiger partial charge in [-0.25, -0.2) is 0 Å². The van der Waals surface area contributed by atoms with E-state index in [-0.39, 0.29) is 5.41 Å². The number of hydrogen-bond acceptors (Lipinski definition) is 0. The number of hydrogen-bond donors (Lipinski definition) is 0. The van der Waals surface area contributed by atoms with E-state index >= 15 is 0 Å². The fourth-order valence-corrected chi connectivity index (χ4v) is 5.08. The van der Waals surface area contributed by atoms with Crippen LogP contribution in [-0.4, -0.2) is 0 Å². The number of aryl methyl sites for hydroxylation is 2. The van der Waals surface area contributed by atoms with Gasteiger partial charge in [0.1, 0.15) is 0 Å². The predicted molar refractivity (Wildman–Crippen MR) is 154 cm³/mol. The monoisotopic (exact) mass is 500 g/mol. The van der Waals surface area contributed by atoms with E-state index in [9.17, 15) is 0 Å². The molecule has 0 bridgehead atoms. The van der Waals surface area contributed by atoms with Gasteiger partial charge in [-0.2, -0.15) is 0 Å². The molecule has 0 amide bonds. The van der Waals surface area contributed by atoms with E-state index in [2.05, 4.69) is 107 Å². The second-order valence-corrected chi connectivity index (χ2v) is 11.5. The fourth-order valence-electron chi connectivity index (χ4n) is 4.57. The van der Waals surface area contributed by atoms with Crippen LogP contribution in [-0.2, 0) is 11.8 Å². The largest absolute Gasteiger partial charge is 0.0843 e. The second kappa shape index (κ2) is 10.6. The third-order valence-electron chi connectivity index (χ3n) is 6.96. The molecule has 0 N–H and O–H groups in total. The van der Waals surface area contributed by atoms with Crippen molar-refractivity contribution >= 4 is 23.2 Å². The summed E-state index contributed by atoms with van der Waals surface area (Å²) in [6, 6.07) is 30.4. The van der Waals surface area contributed by atoms with Gasteiger partial charge in [0.25, 0.3) is 0 Å².